The molecule has 0 N–H and O–H groups in total. The fraction of sp³-hybridized carbons (Fsp3) is 0.765. The molecule has 1 fully saturated rings. The Kier molecular flexibility index (Phi) is 5.51. The zero-order valence-corrected chi connectivity index (χ0v) is 10.9. The Labute approximate surface area is 107 Å². The minimum absolute atomic E-state index is 0.839. The molecular weight excluding hydrogens is 204 g/mol. The number of hydrogen-bond acceptors (Lipinski definition) is 0. The van der Waals surface area contributed by atoms with Crippen molar-refractivity contribution in [1.29, 1.82) is 0 Å². The summed E-state index contributed by atoms with van der Waals surface area (Å²) < 4.78 is 0. The molecule has 0 aromatic rings. The van der Waals surface area contributed by atoms with Gasteiger partial charge in [0.1, 0.15) is 0 Å². The van der Waals surface area contributed by atoms with Crippen LogP contribution >= 0.6 is 0 Å². The maximum atomic E-state index is 3.42. The molecule has 0 aromatic carbocycles. The van der Waals surface area contributed by atoms with Gasteiger partial charge in [0, 0.05) is 25.7 Å². The van der Waals surface area contributed by atoms with Crippen LogP contribution in [0.25, 0.3) is 0 Å². The lowest BCUT2D eigenvalue weighted by Gasteiger charge is -2.28. The fourth-order valence-corrected chi connectivity index (χ4v) is 3.01. The summed E-state index contributed by atoms with van der Waals surface area (Å²) in [5, 5.41) is 0. The van der Waals surface area contributed by atoms with Gasteiger partial charge in [-0.25, -0.2) is 0 Å². The highest BCUT2D eigenvalue weighted by atomic mass is 14.3. The Morgan fingerprint density at radius 2 is 1.06 bits per heavy atom. The highest BCUT2D eigenvalue weighted by Crippen LogP contribution is 2.34. The van der Waals surface area contributed by atoms with E-state index in [1.54, 1.807) is 0 Å². The van der Waals surface area contributed by atoms with Crippen LogP contribution in [-0.2, 0) is 0 Å². The third-order valence-corrected chi connectivity index (χ3v) is 4.15. The first-order valence-electron chi connectivity index (χ1n) is 7.38. The van der Waals surface area contributed by atoms with E-state index in [4.69, 9.17) is 0 Å². The van der Waals surface area contributed by atoms with Crippen LogP contribution in [0.3, 0.4) is 0 Å². The van der Waals surface area contributed by atoms with Crippen LogP contribution in [0, 0.1) is 35.5 Å². The van der Waals surface area contributed by atoms with Gasteiger partial charge in [0.05, 0.1) is 0 Å². The molecule has 0 aromatic heterocycles. The molecule has 2 rings (SSSR count). The van der Waals surface area contributed by atoms with Crippen LogP contribution in [0.1, 0.15) is 70.6 Å². The van der Waals surface area contributed by atoms with Gasteiger partial charge < -0.3 is 0 Å². The van der Waals surface area contributed by atoms with Crippen LogP contribution in [0.15, 0.2) is 0 Å². The molecule has 1 saturated carbocycles. The monoisotopic (exact) mass is 228 g/mol. The average Bonchev–Trinajstić information content (AvgIpc) is 2.38. The average molecular weight is 228 g/mol. The van der Waals surface area contributed by atoms with Crippen LogP contribution < -0.4 is 0 Å². The van der Waals surface area contributed by atoms with Crippen molar-refractivity contribution in [2.24, 2.45) is 11.8 Å². The van der Waals surface area contributed by atoms with E-state index in [2.05, 4.69) is 23.7 Å². The Bertz CT molecular complexity index is 297. The van der Waals surface area contributed by atoms with Gasteiger partial charge in [0.2, 0.25) is 0 Å². The molecule has 0 nitrogen and oxygen atoms in total. The van der Waals surface area contributed by atoms with Crippen LogP contribution in [0.5, 0.6) is 0 Å². The van der Waals surface area contributed by atoms with Crippen LogP contribution in [-0.4, -0.2) is 0 Å². The summed E-state index contributed by atoms with van der Waals surface area (Å²) in [6.07, 6.45) is 13.9. The van der Waals surface area contributed by atoms with Crippen molar-refractivity contribution in [3.63, 3.8) is 0 Å². The number of hydrogen-bond donors (Lipinski definition) is 0. The highest BCUT2D eigenvalue weighted by molar-refractivity contribution is 5.05. The minimum atomic E-state index is 0.839. The van der Waals surface area contributed by atoms with E-state index in [0.717, 1.165) is 37.5 Å². The zero-order valence-electron chi connectivity index (χ0n) is 10.9. The van der Waals surface area contributed by atoms with Gasteiger partial charge in [-0.3, -0.25) is 0 Å². The minimum Gasteiger partial charge on any atom is -0.103 e. The van der Waals surface area contributed by atoms with Gasteiger partial charge in [-0.15, -0.1) is 23.7 Å². The molecule has 17 heavy (non-hydrogen) atoms. The first-order chi connectivity index (χ1) is 8.47. The molecule has 0 heteroatoms. The van der Waals surface area contributed by atoms with Crippen molar-refractivity contribution >= 4 is 0 Å². The predicted octanol–water partition coefficient (Wildman–Crippen LogP) is 4.54. The SMILES string of the molecule is C1#CCC2CCCCC2CC#CCCCCC1. The van der Waals surface area contributed by atoms with Crippen molar-refractivity contribution in [1.82, 2.24) is 0 Å². The van der Waals surface area contributed by atoms with Gasteiger partial charge in [0.15, 0.2) is 0 Å². The summed E-state index contributed by atoms with van der Waals surface area (Å²) >= 11 is 0. The molecule has 92 valence electrons. The smallest absolute Gasteiger partial charge is 0.0120 e. The van der Waals surface area contributed by atoms with Crippen molar-refractivity contribution in [2.45, 2.75) is 70.6 Å². The van der Waals surface area contributed by atoms with E-state index in [0.29, 0.717) is 0 Å². The third-order valence-electron chi connectivity index (χ3n) is 4.15. The van der Waals surface area contributed by atoms with Gasteiger partial charge in [-0.2, -0.15) is 0 Å². The summed E-state index contributed by atoms with van der Waals surface area (Å²) in [4.78, 5) is 0. The fourth-order valence-electron chi connectivity index (χ4n) is 3.01. The Balaban J connectivity index is 1.96. The quantitative estimate of drug-likeness (QED) is 0.534. The molecule has 2 atom stereocenters. The molecule has 0 heterocycles. The maximum absolute atomic E-state index is 3.42. The van der Waals surface area contributed by atoms with Gasteiger partial charge >= 0.3 is 0 Å². The highest BCUT2D eigenvalue weighted by Gasteiger charge is 2.23. The molecule has 0 radical (unpaired) electrons. The van der Waals surface area contributed by atoms with Gasteiger partial charge in [-0.05, 0) is 37.5 Å². The van der Waals surface area contributed by atoms with Gasteiger partial charge in [0.25, 0.3) is 0 Å². The molecule has 2 unspecified atom stereocenters. The number of fused-ring (bicyclic) bond motifs is 1. The molecule has 0 bridgehead atoms. The van der Waals surface area contributed by atoms with E-state index >= 15 is 0 Å². The molecule has 0 spiro atoms. The third kappa shape index (κ3) is 4.47. The number of rotatable bonds is 0. The Hall–Kier alpha value is -0.880. The summed E-state index contributed by atoms with van der Waals surface area (Å²) in [6.45, 7) is 0. The predicted molar refractivity (Wildman–Crippen MR) is 73.3 cm³/mol. The molecule has 0 saturated heterocycles. The van der Waals surface area contributed by atoms with Crippen LogP contribution in [0.2, 0.25) is 0 Å². The van der Waals surface area contributed by atoms with Gasteiger partial charge in [-0.1, -0.05) is 19.3 Å². The van der Waals surface area contributed by atoms with Crippen molar-refractivity contribution in [3.8, 4) is 23.7 Å². The molecule has 2 aliphatic carbocycles. The second-order valence-corrected chi connectivity index (χ2v) is 5.48. The second kappa shape index (κ2) is 7.45. The molecule has 2 aliphatic rings. The summed E-state index contributed by atoms with van der Waals surface area (Å²) in [5.41, 5.74) is 0. The second-order valence-electron chi connectivity index (χ2n) is 5.48. The summed E-state index contributed by atoms with van der Waals surface area (Å²) in [5.74, 6) is 15.3. The van der Waals surface area contributed by atoms with Crippen molar-refractivity contribution in [2.75, 3.05) is 0 Å². The van der Waals surface area contributed by atoms with E-state index in [1.807, 2.05) is 0 Å². The van der Waals surface area contributed by atoms with Crippen LogP contribution in [0.4, 0.5) is 0 Å². The summed E-state index contributed by atoms with van der Waals surface area (Å²) in [7, 11) is 0. The first-order valence-corrected chi connectivity index (χ1v) is 7.38. The first kappa shape index (κ1) is 12.6. The van der Waals surface area contributed by atoms with E-state index in [1.165, 1.54) is 44.9 Å². The topological polar surface area (TPSA) is 0 Å². The standard InChI is InChI=1S/C17H24/c1-2-4-6-8-12-16-14-10-11-15-17(16)13-9-7-5-3-1/h16-17H,1-5,10-15H2. The Morgan fingerprint density at radius 1 is 0.529 bits per heavy atom. The molecule has 0 amide bonds. The molecular formula is C17H24. The van der Waals surface area contributed by atoms with Crippen molar-refractivity contribution in [3.05, 3.63) is 0 Å². The van der Waals surface area contributed by atoms with E-state index < -0.39 is 0 Å². The summed E-state index contributed by atoms with van der Waals surface area (Å²) in [6, 6.07) is 0. The van der Waals surface area contributed by atoms with E-state index in [-0.39, 0.29) is 0 Å². The van der Waals surface area contributed by atoms with E-state index in [9.17, 15) is 0 Å². The van der Waals surface area contributed by atoms with Crippen molar-refractivity contribution < 1.29 is 0 Å². The largest absolute Gasteiger partial charge is 0.103 e. The normalized spacial score (nSPS) is 30.1. The lowest BCUT2D eigenvalue weighted by Crippen LogP contribution is -2.18. The molecule has 0 aliphatic heterocycles. The lowest BCUT2D eigenvalue weighted by molar-refractivity contribution is 0.245. The maximum Gasteiger partial charge on any atom is 0.0120 e. The lowest BCUT2D eigenvalue weighted by atomic mass is 9.76. The zero-order chi connectivity index (χ0) is 11.8. The Morgan fingerprint density at radius 3 is 1.59 bits per heavy atom.